The van der Waals surface area contributed by atoms with Gasteiger partial charge in [-0.1, -0.05) is 51.1 Å². The van der Waals surface area contributed by atoms with Gasteiger partial charge in [-0.25, -0.2) is 13.1 Å². The summed E-state index contributed by atoms with van der Waals surface area (Å²) in [6, 6.07) is 9.71. The molecule has 6 heteroatoms. The molecule has 2 rings (SSSR count). The van der Waals surface area contributed by atoms with Gasteiger partial charge >= 0.3 is 0 Å². The molecule has 0 amide bonds. The standard InChI is InChI=1S/C17H25N3O2S/c1-13(2)19-23(21,22)15-12-20(18-16(15)17(3,4)5)11-14-9-7-6-8-10-14/h6-10,12-13,19H,11H2,1-5H3. The minimum absolute atomic E-state index is 0.162. The number of rotatable bonds is 5. The maximum atomic E-state index is 12.6. The summed E-state index contributed by atoms with van der Waals surface area (Å²) < 4.78 is 29.6. The Morgan fingerprint density at radius 2 is 1.78 bits per heavy atom. The lowest BCUT2D eigenvalue weighted by Crippen LogP contribution is -2.31. The predicted molar refractivity (Wildman–Crippen MR) is 91.9 cm³/mol. The minimum Gasteiger partial charge on any atom is -0.267 e. The third kappa shape index (κ3) is 4.42. The van der Waals surface area contributed by atoms with Gasteiger partial charge in [-0.3, -0.25) is 4.68 Å². The van der Waals surface area contributed by atoms with Crippen molar-refractivity contribution in [2.75, 3.05) is 0 Å². The average Bonchev–Trinajstić information content (AvgIpc) is 2.83. The highest BCUT2D eigenvalue weighted by atomic mass is 32.2. The van der Waals surface area contributed by atoms with Gasteiger partial charge in [0.1, 0.15) is 4.90 Å². The van der Waals surface area contributed by atoms with Crippen LogP contribution in [0.15, 0.2) is 41.4 Å². The molecule has 0 aliphatic heterocycles. The van der Waals surface area contributed by atoms with Gasteiger partial charge in [0.25, 0.3) is 0 Å². The number of nitrogens with zero attached hydrogens (tertiary/aromatic N) is 2. The Morgan fingerprint density at radius 1 is 1.17 bits per heavy atom. The van der Waals surface area contributed by atoms with E-state index in [1.807, 2.05) is 65.0 Å². The number of hydrogen-bond acceptors (Lipinski definition) is 3. The third-order valence-corrected chi connectivity index (χ3v) is 4.97. The number of hydrogen-bond donors (Lipinski definition) is 1. The highest BCUT2D eigenvalue weighted by molar-refractivity contribution is 7.89. The summed E-state index contributed by atoms with van der Waals surface area (Å²) in [5.74, 6) is 0. The molecule has 23 heavy (non-hydrogen) atoms. The summed E-state index contributed by atoms with van der Waals surface area (Å²) in [4.78, 5) is 0.259. The molecule has 0 aliphatic carbocycles. The fourth-order valence-corrected chi connectivity index (χ4v) is 3.95. The second-order valence-electron chi connectivity index (χ2n) is 7.05. The van der Waals surface area contributed by atoms with E-state index in [0.29, 0.717) is 12.2 Å². The molecule has 1 N–H and O–H groups in total. The summed E-state index contributed by atoms with van der Waals surface area (Å²) in [6.45, 7) is 10.1. The predicted octanol–water partition coefficient (Wildman–Crippen LogP) is 2.92. The number of sulfonamides is 1. The molecular formula is C17H25N3O2S. The van der Waals surface area contributed by atoms with Crippen LogP contribution in [0.5, 0.6) is 0 Å². The number of nitrogens with one attached hydrogen (secondary N) is 1. The van der Waals surface area contributed by atoms with Gasteiger partial charge in [0.15, 0.2) is 0 Å². The first kappa shape index (κ1) is 17.7. The summed E-state index contributed by atoms with van der Waals surface area (Å²) in [5, 5.41) is 4.55. The van der Waals surface area contributed by atoms with Crippen molar-refractivity contribution in [3.63, 3.8) is 0 Å². The Kier molecular flexibility index (Phi) is 4.96. The van der Waals surface area contributed by atoms with Gasteiger partial charge in [-0.15, -0.1) is 0 Å². The molecule has 0 bridgehead atoms. The second kappa shape index (κ2) is 6.45. The van der Waals surface area contributed by atoms with Crippen LogP contribution in [0.3, 0.4) is 0 Å². The van der Waals surface area contributed by atoms with Gasteiger partial charge in [0.05, 0.1) is 12.2 Å². The lowest BCUT2D eigenvalue weighted by Gasteiger charge is -2.18. The van der Waals surface area contributed by atoms with Crippen LogP contribution in [0, 0.1) is 0 Å². The molecule has 1 heterocycles. The van der Waals surface area contributed by atoms with Gasteiger partial charge < -0.3 is 0 Å². The normalized spacial score (nSPS) is 12.8. The van der Waals surface area contributed by atoms with Crippen LogP contribution in [0.2, 0.25) is 0 Å². The molecule has 0 saturated heterocycles. The maximum absolute atomic E-state index is 12.6. The highest BCUT2D eigenvalue weighted by Crippen LogP contribution is 2.28. The topological polar surface area (TPSA) is 64.0 Å². The van der Waals surface area contributed by atoms with Crippen LogP contribution >= 0.6 is 0 Å². The molecule has 0 spiro atoms. The number of benzene rings is 1. The van der Waals surface area contributed by atoms with Crippen LogP contribution in [0.1, 0.15) is 45.9 Å². The summed E-state index contributed by atoms with van der Waals surface area (Å²) in [6.07, 6.45) is 1.62. The van der Waals surface area contributed by atoms with E-state index >= 15 is 0 Å². The van der Waals surface area contributed by atoms with Crippen LogP contribution in [-0.4, -0.2) is 24.2 Å². The van der Waals surface area contributed by atoms with Crippen molar-refractivity contribution in [2.45, 2.75) is 57.5 Å². The lowest BCUT2D eigenvalue weighted by molar-refractivity contribution is 0.529. The maximum Gasteiger partial charge on any atom is 0.244 e. The minimum atomic E-state index is -3.58. The Bertz CT molecular complexity index is 757. The van der Waals surface area contributed by atoms with Crippen LogP contribution in [0.25, 0.3) is 0 Å². The van der Waals surface area contributed by atoms with E-state index in [1.165, 1.54) is 0 Å². The summed E-state index contributed by atoms with van der Waals surface area (Å²) >= 11 is 0. The zero-order chi connectivity index (χ0) is 17.3. The fourth-order valence-electron chi connectivity index (χ4n) is 2.34. The van der Waals surface area contributed by atoms with Crippen molar-refractivity contribution in [1.29, 1.82) is 0 Å². The van der Waals surface area contributed by atoms with E-state index in [0.717, 1.165) is 5.56 Å². The first-order valence-electron chi connectivity index (χ1n) is 7.74. The van der Waals surface area contributed by atoms with Crippen molar-refractivity contribution in [3.8, 4) is 0 Å². The smallest absolute Gasteiger partial charge is 0.244 e. The van der Waals surface area contributed by atoms with E-state index in [4.69, 9.17) is 0 Å². The Balaban J connectivity index is 2.45. The van der Waals surface area contributed by atoms with Gasteiger partial charge in [0, 0.05) is 17.7 Å². The van der Waals surface area contributed by atoms with E-state index in [-0.39, 0.29) is 16.4 Å². The molecular weight excluding hydrogens is 310 g/mol. The molecule has 126 valence electrons. The monoisotopic (exact) mass is 335 g/mol. The molecule has 0 fully saturated rings. The van der Waals surface area contributed by atoms with Gasteiger partial charge in [-0.05, 0) is 19.4 Å². The van der Waals surface area contributed by atoms with Gasteiger partial charge in [-0.2, -0.15) is 5.10 Å². The van der Waals surface area contributed by atoms with Crippen molar-refractivity contribution in [2.24, 2.45) is 0 Å². The molecule has 2 aromatic rings. The quantitative estimate of drug-likeness (QED) is 0.914. The molecule has 0 saturated carbocycles. The number of aromatic nitrogens is 2. The van der Waals surface area contributed by atoms with Crippen LogP contribution in [-0.2, 0) is 22.0 Å². The van der Waals surface area contributed by atoms with Crippen molar-refractivity contribution < 1.29 is 8.42 Å². The van der Waals surface area contributed by atoms with E-state index in [1.54, 1.807) is 10.9 Å². The molecule has 1 aromatic heterocycles. The zero-order valence-electron chi connectivity index (χ0n) is 14.4. The van der Waals surface area contributed by atoms with E-state index in [9.17, 15) is 8.42 Å². The van der Waals surface area contributed by atoms with Crippen LogP contribution in [0.4, 0.5) is 0 Å². The van der Waals surface area contributed by atoms with E-state index < -0.39 is 10.0 Å². The molecule has 5 nitrogen and oxygen atoms in total. The molecule has 1 aromatic carbocycles. The average molecular weight is 335 g/mol. The molecule has 0 radical (unpaired) electrons. The Labute approximate surface area is 138 Å². The SMILES string of the molecule is CC(C)NS(=O)(=O)c1cn(Cc2ccccc2)nc1C(C)(C)C. The van der Waals surface area contributed by atoms with Crippen LogP contribution < -0.4 is 4.72 Å². The highest BCUT2D eigenvalue weighted by Gasteiger charge is 2.30. The third-order valence-electron chi connectivity index (χ3n) is 3.31. The van der Waals surface area contributed by atoms with Crippen molar-refractivity contribution >= 4 is 10.0 Å². The first-order valence-corrected chi connectivity index (χ1v) is 9.22. The molecule has 0 unspecified atom stereocenters. The van der Waals surface area contributed by atoms with Crippen molar-refractivity contribution in [1.82, 2.24) is 14.5 Å². The molecule has 0 aliphatic rings. The summed E-state index contributed by atoms with van der Waals surface area (Å²) in [7, 11) is -3.58. The van der Waals surface area contributed by atoms with Gasteiger partial charge in [0.2, 0.25) is 10.0 Å². The van der Waals surface area contributed by atoms with Crippen molar-refractivity contribution in [3.05, 3.63) is 47.8 Å². The fraction of sp³-hybridized carbons (Fsp3) is 0.471. The lowest BCUT2D eigenvalue weighted by atomic mass is 9.92. The second-order valence-corrected chi connectivity index (χ2v) is 8.73. The zero-order valence-corrected chi connectivity index (χ0v) is 15.2. The molecule has 0 atom stereocenters. The Hall–Kier alpha value is -1.66. The first-order chi connectivity index (χ1) is 10.6. The Morgan fingerprint density at radius 3 is 2.30 bits per heavy atom. The summed E-state index contributed by atoms with van der Waals surface area (Å²) in [5.41, 5.74) is 1.31. The van der Waals surface area contributed by atoms with E-state index in [2.05, 4.69) is 9.82 Å². The largest absolute Gasteiger partial charge is 0.267 e.